The summed E-state index contributed by atoms with van der Waals surface area (Å²) < 4.78 is 0. The SMILES string of the molecule is CN(C)c1ncnc2[nH]c(-c3ccc(CO)cc3)cc12. The first-order valence-electron chi connectivity index (χ1n) is 6.40. The van der Waals surface area contributed by atoms with Crippen molar-refractivity contribution < 1.29 is 5.11 Å². The maximum absolute atomic E-state index is 9.08. The summed E-state index contributed by atoms with van der Waals surface area (Å²) in [6.07, 6.45) is 1.56. The Morgan fingerprint density at radius 3 is 2.55 bits per heavy atom. The van der Waals surface area contributed by atoms with Crippen molar-refractivity contribution in [1.29, 1.82) is 0 Å². The van der Waals surface area contributed by atoms with E-state index in [4.69, 9.17) is 5.11 Å². The lowest BCUT2D eigenvalue weighted by Crippen LogP contribution is -2.10. The van der Waals surface area contributed by atoms with Gasteiger partial charge in [0.05, 0.1) is 12.0 Å². The van der Waals surface area contributed by atoms with E-state index in [1.807, 2.05) is 43.3 Å². The molecule has 0 amide bonds. The van der Waals surface area contributed by atoms with E-state index in [0.29, 0.717) is 0 Å². The zero-order valence-corrected chi connectivity index (χ0v) is 11.5. The molecule has 1 aromatic carbocycles. The number of anilines is 1. The average molecular weight is 268 g/mol. The maximum Gasteiger partial charge on any atom is 0.143 e. The fraction of sp³-hybridized carbons (Fsp3) is 0.200. The first kappa shape index (κ1) is 12.6. The van der Waals surface area contributed by atoms with Crippen molar-refractivity contribution in [3.05, 3.63) is 42.2 Å². The number of nitrogens with one attached hydrogen (secondary N) is 1. The van der Waals surface area contributed by atoms with Gasteiger partial charge < -0.3 is 15.0 Å². The molecular formula is C15H16N4O. The molecule has 0 aliphatic heterocycles. The van der Waals surface area contributed by atoms with Gasteiger partial charge in [-0.15, -0.1) is 0 Å². The van der Waals surface area contributed by atoms with E-state index >= 15 is 0 Å². The Morgan fingerprint density at radius 1 is 1.15 bits per heavy atom. The summed E-state index contributed by atoms with van der Waals surface area (Å²) in [5.41, 5.74) is 3.78. The van der Waals surface area contributed by atoms with Gasteiger partial charge in [-0.3, -0.25) is 0 Å². The van der Waals surface area contributed by atoms with Crippen molar-refractivity contribution in [1.82, 2.24) is 15.0 Å². The number of H-pyrrole nitrogens is 1. The van der Waals surface area contributed by atoms with E-state index < -0.39 is 0 Å². The number of hydrogen-bond donors (Lipinski definition) is 2. The van der Waals surface area contributed by atoms with Crippen LogP contribution in [0.2, 0.25) is 0 Å². The predicted octanol–water partition coefficient (Wildman–Crippen LogP) is 2.18. The zero-order chi connectivity index (χ0) is 14.1. The molecule has 102 valence electrons. The molecule has 0 fully saturated rings. The van der Waals surface area contributed by atoms with Crippen LogP contribution < -0.4 is 4.90 Å². The molecule has 3 aromatic rings. The van der Waals surface area contributed by atoms with Crippen LogP contribution in [0.5, 0.6) is 0 Å². The number of aromatic amines is 1. The Kier molecular flexibility index (Phi) is 3.12. The number of aromatic nitrogens is 3. The van der Waals surface area contributed by atoms with Crippen molar-refractivity contribution in [2.45, 2.75) is 6.61 Å². The van der Waals surface area contributed by atoms with Crippen LogP contribution in [0.25, 0.3) is 22.3 Å². The van der Waals surface area contributed by atoms with Crippen molar-refractivity contribution in [3.8, 4) is 11.3 Å². The van der Waals surface area contributed by atoms with Crippen molar-refractivity contribution >= 4 is 16.9 Å². The second kappa shape index (κ2) is 4.94. The fourth-order valence-electron chi connectivity index (χ4n) is 2.23. The van der Waals surface area contributed by atoms with Gasteiger partial charge in [-0.2, -0.15) is 0 Å². The Hall–Kier alpha value is -2.40. The third-order valence-electron chi connectivity index (χ3n) is 3.28. The van der Waals surface area contributed by atoms with E-state index in [1.54, 1.807) is 6.33 Å². The van der Waals surface area contributed by atoms with E-state index in [0.717, 1.165) is 33.7 Å². The highest BCUT2D eigenvalue weighted by Crippen LogP contribution is 2.27. The van der Waals surface area contributed by atoms with Gasteiger partial charge in [0, 0.05) is 19.8 Å². The van der Waals surface area contributed by atoms with E-state index in [-0.39, 0.29) is 6.61 Å². The van der Waals surface area contributed by atoms with Gasteiger partial charge in [0.15, 0.2) is 0 Å². The predicted molar refractivity (Wildman–Crippen MR) is 79.6 cm³/mol. The van der Waals surface area contributed by atoms with Crippen LogP contribution in [-0.4, -0.2) is 34.2 Å². The molecule has 5 nitrogen and oxygen atoms in total. The van der Waals surface area contributed by atoms with Gasteiger partial charge in [-0.05, 0) is 17.2 Å². The monoisotopic (exact) mass is 268 g/mol. The molecule has 0 atom stereocenters. The number of nitrogens with zero attached hydrogens (tertiary/aromatic N) is 3. The highest BCUT2D eigenvalue weighted by atomic mass is 16.3. The van der Waals surface area contributed by atoms with Gasteiger partial charge in [0.2, 0.25) is 0 Å². The Bertz CT molecular complexity index is 731. The maximum atomic E-state index is 9.08. The minimum atomic E-state index is 0.0588. The molecule has 0 aliphatic carbocycles. The van der Waals surface area contributed by atoms with Crippen LogP contribution in [0.3, 0.4) is 0 Å². The molecule has 0 bridgehead atoms. The Morgan fingerprint density at radius 2 is 1.90 bits per heavy atom. The normalized spacial score (nSPS) is 10.9. The number of aliphatic hydroxyl groups is 1. The lowest BCUT2D eigenvalue weighted by molar-refractivity contribution is 0.282. The molecule has 0 aliphatic rings. The average Bonchev–Trinajstić information content (AvgIpc) is 2.90. The number of fused-ring (bicyclic) bond motifs is 1. The molecular weight excluding hydrogens is 252 g/mol. The summed E-state index contributed by atoms with van der Waals surface area (Å²) in [6.45, 7) is 0.0588. The summed E-state index contributed by atoms with van der Waals surface area (Å²) in [7, 11) is 3.93. The quantitative estimate of drug-likeness (QED) is 0.764. The van der Waals surface area contributed by atoms with E-state index in [2.05, 4.69) is 21.0 Å². The lowest BCUT2D eigenvalue weighted by Gasteiger charge is -2.10. The first-order chi connectivity index (χ1) is 9.69. The van der Waals surface area contributed by atoms with Crippen molar-refractivity contribution in [2.24, 2.45) is 0 Å². The largest absolute Gasteiger partial charge is 0.392 e. The molecule has 0 radical (unpaired) electrons. The second-order valence-electron chi connectivity index (χ2n) is 4.89. The number of aliphatic hydroxyl groups excluding tert-OH is 1. The van der Waals surface area contributed by atoms with Gasteiger partial charge in [-0.1, -0.05) is 24.3 Å². The number of hydrogen-bond acceptors (Lipinski definition) is 4. The molecule has 2 heterocycles. The van der Waals surface area contributed by atoms with Crippen LogP contribution in [0.1, 0.15) is 5.56 Å². The number of benzene rings is 1. The first-order valence-corrected chi connectivity index (χ1v) is 6.40. The Balaban J connectivity index is 2.10. The highest BCUT2D eigenvalue weighted by Gasteiger charge is 2.10. The van der Waals surface area contributed by atoms with E-state index in [9.17, 15) is 0 Å². The van der Waals surface area contributed by atoms with Crippen LogP contribution in [-0.2, 0) is 6.61 Å². The summed E-state index contributed by atoms with van der Waals surface area (Å²) in [5.74, 6) is 0.893. The zero-order valence-electron chi connectivity index (χ0n) is 11.5. The molecule has 3 rings (SSSR count). The van der Waals surface area contributed by atoms with Gasteiger partial charge in [0.1, 0.15) is 17.8 Å². The summed E-state index contributed by atoms with van der Waals surface area (Å²) in [4.78, 5) is 13.8. The van der Waals surface area contributed by atoms with Gasteiger partial charge >= 0.3 is 0 Å². The highest BCUT2D eigenvalue weighted by molar-refractivity contribution is 5.91. The molecule has 2 aromatic heterocycles. The van der Waals surface area contributed by atoms with Crippen molar-refractivity contribution in [2.75, 3.05) is 19.0 Å². The van der Waals surface area contributed by atoms with Gasteiger partial charge in [-0.25, -0.2) is 9.97 Å². The third kappa shape index (κ3) is 2.12. The molecule has 0 saturated heterocycles. The molecule has 0 unspecified atom stereocenters. The molecule has 2 N–H and O–H groups in total. The molecule has 5 heteroatoms. The second-order valence-corrected chi connectivity index (χ2v) is 4.89. The van der Waals surface area contributed by atoms with Gasteiger partial charge in [0.25, 0.3) is 0 Å². The number of rotatable bonds is 3. The molecule has 0 saturated carbocycles. The topological polar surface area (TPSA) is 65.0 Å². The molecule has 0 spiro atoms. The summed E-state index contributed by atoms with van der Waals surface area (Å²) in [6, 6.07) is 9.86. The van der Waals surface area contributed by atoms with Crippen molar-refractivity contribution in [3.63, 3.8) is 0 Å². The Labute approximate surface area is 116 Å². The minimum Gasteiger partial charge on any atom is -0.392 e. The third-order valence-corrected chi connectivity index (χ3v) is 3.28. The summed E-state index contributed by atoms with van der Waals surface area (Å²) >= 11 is 0. The standard InChI is InChI=1S/C15H16N4O/c1-19(2)15-12-7-13(18-14(12)16-9-17-15)11-5-3-10(8-20)4-6-11/h3-7,9,20H,8H2,1-2H3,(H,16,17,18). The van der Waals surface area contributed by atoms with E-state index in [1.165, 1.54) is 0 Å². The fourth-order valence-corrected chi connectivity index (χ4v) is 2.23. The van der Waals surface area contributed by atoms with Crippen LogP contribution >= 0.6 is 0 Å². The minimum absolute atomic E-state index is 0.0588. The van der Waals surface area contributed by atoms with Crippen LogP contribution in [0.4, 0.5) is 5.82 Å². The summed E-state index contributed by atoms with van der Waals surface area (Å²) in [5, 5.41) is 10.1. The van der Waals surface area contributed by atoms with Crippen LogP contribution in [0, 0.1) is 0 Å². The molecule has 20 heavy (non-hydrogen) atoms. The smallest absolute Gasteiger partial charge is 0.143 e. The van der Waals surface area contributed by atoms with Crippen LogP contribution in [0.15, 0.2) is 36.7 Å². The lowest BCUT2D eigenvalue weighted by atomic mass is 10.1.